The van der Waals surface area contributed by atoms with Crippen LogP contribution in [0.5, 0.6) is 5.75 Å². The average molecular weight is 863 g/mol. The van der Waals surface area contributed by atoms with E-state index in [1.165, 1.54) is 5.32 Å². The predicted molar refractivity (Wildman–Crippen MR) is 215 cm³/mol. The summed E-state index contributed by atoms with van der Waals surface area (Å²) >= 11 is 0. The molecule has 0 saturated carbocycles. The number of benzene rings is 3. The van der Waals surface area contributed by atoms with Gasteiger partial charge in [-0.05, 0) is 84.3 Å². The molecule has 318 valence electrons. The predicted octanol–water partition coefficient (Wildman–Crippen LogP) is 7.67. The van der Waals surface area contributed by atoms with Crippen molar-refractivity contribution in [3.05, 3.63) is 66.2 Å². The smallest absolute Gasteiger partial charge is 0.465 e. The second kappa shape index (κ2) is 16.7. The minimum absolute atomic E-state index is 0.125. The Labute approximate surface area is 385 Å². The number of imidazole rings is 2. The molecule has 3 aromatic carbocycles. The summed E-state index contributed by atoms with van der Waals surface area (Å²) in [6.07, 6.45) is -26.7. The Kier molecular flexibility index (Phi) is 5.16. The topological polar surface area (TPSA) is 195 Å². The van der Waals surface area contributed by atoms with Gasteiger partial charge in [0.1, 0.15) is 29.4 Å². The summed E-state index contributed by atoms with van der Waals surface area (Å²) in [6, 6.07) is -8.30. The van der Waals surface area contributed by atoms with E-state index in [4.69, 9.17) is 38.4 Å². The van der Waals surface area contributed by atoms with E-state index >= 15 is 0 Å². The summed E-state index contributed by atoms with van der Waals surface area (Å²) < 4.78 is 305. The molecule has 0 radical (unpaired) electrons. The van der Waals surface area contributed by atoms with Gasteiger partial charge in [0.15, 0.2) is 0 Å². The monoisotopic (exact) mass is 863 g/mol. The Morgan fingerprint density at radius 3 is 1.85 bits per heavy atom. The van der Waals surface area contributed by atoms with Gasteiger partial charge in [-0.15, -0.1) is 13.2 Å². The molecule has 4 atom stereocenters. The van der Waals surface area contributed by atoms with Crippen molar-refractivity contribution in [1.82, 2.24) is 40.4 Å². The molecule has 4 heterocycles. The van der Waals surface area contributed by atoms with Crippen LogP contribution in [0.4, 0.5) is 22.8 Å². The Hall–Kier alpha value is -6.33. The maximum absolute atomic E-state index is 14.8. The molecule has 2 saturated heterocycles. The van der Waals surface area contributed by atoms with Crippen molar-refractivity contribution >= 4 is 46.1 Å². The maximum Gasteiger partial charge on any atom is 0.573 e. The van der Waals surface area contributed by atoms with E-state index < -0.39 is 176 Å². The van der Waals surface area contributed by atoms with Gasteiger partial charge in [-0.25, -0.2) is 19.6 Å². The summed E-state index contributed by atoms with van der Waals surface area (Å²) in [7, 11) is 0.570. The fourth-order valence-corrected chi connectivity index (χ4v) is 5.81. The number of aromatic nitrogens is 4. The summed E-state index contributed by atoms with van der Waals surface area (Å²) in [5, 5.41) is 12.0. The van der Waals surface area contributed by atoms with E-state index in [9.17, 15) is 40.2 Å². The third-order valence-corrected chi connectivity index (χ3v) is 8.39. The zero-order valence-electron chi connectivity index (χ0n) is 60.0. The van der Waals surface area contributed by atoms with Crippen LogP contribution in [-0.4, -0.2) is 97.3 Å². The third-order valence-electron chi connectivity index (χ3n) is 8.39. The molecule has 2 aromatic heterocycles. The van der Waals surface area contributed by atoms with Crippen LogP contribution in [-0.2, 0) is 14.3 Å². The molecule has 2 fully saturated rings. The zero-order chi connectivity index (χ0) is 69.3. The number of nitrogens with one attached hydrogen (secondary N) is 4. The van der Waals surface area contributed by atoms with Crippen molar-refractivity contribution in [3.63, 3.8) is 0 Å². The summed E-state index contributed by atoms with van der Waals surface area (Å²) in [4.78, 5) is 65.4. The number of alkyl halides is 3. The summed E-state index contributed by atoms with van der Waals surface area (Å²) in [5.74, 6) is -18.3. The Morgan fingerprint density at radius 1 is 0.833 bits per heavy atom. The lowest BCUT2D eigenvalue weighted by atomic mass is 9.98. The number of fused-ring (bicyclic) bond motifs is 2. The lowest BCUT2D eigenvalue weighted by Crippen LogP contribution is -2.51. The van der Waals surface area contributed by atoms with Crippen molar-refractivity contribution < 1.29 is 88.1 Å². The van der Waals surface area contributed by atoms with Crippen LogP contribution in [0.3, 0.4) is 0 Å². The molecule has 5 N–H and O–H groups in total. The van der Waals surface area contributed by atoms with Gasteiger partial charge in [0.05, 0.1) is 46.7 Å². The first-order chi connectivity index (χ1) is 40.1. The molecular weight excluding hydrogens is 786 g/mol. The van der Waals surface area contributed by atoms with Crippen molar-refractivity contribution in [1.29, 1.82) is 0 Å². The normalized spacial score (nSPS) is 35.1. The van der Waals surface area contributed by atoms with Gasteiger partial charge in [0, 0.05) is 54.2 Å². The van der Waals surface area contributed by atoms with Crippen molar-refractivity contribution in [2.45, 2.75) is 83.3 Å². The number of hydrogen-bond acceptors (Lipinski definition) is 8. The van der Waals surface area contributed by atoms with E-state index in [0.29, 0.717) is 7.11 Å². The molecule has 0 aliphatic carbocycles. The van der Waals surface area contributed by atoms with Crippen LogP contribution < -0.4 is 15.4 Å². The number of rotatable bonds is 11. The Morgan fingerprint density at radius 2 is 1.33 bits per heavy atom. The highest BCUT2D eigenvalue weighted by Crippen LogP contribution is 2.40. The first-order valence-corrected chi connectivity index (χ1v) is 16.6. The quantitative estimate of drug-likeness (QED) is 0.0886. The maximum atomic E-state index is 14.8. The molecule has 2 aliphatic rings. The van der Waals surface area contributed by atoms with E-state index in [2.05, 4.69) is 29.4 Å². The van der Waals surface area contributed by atoms with Gasteiger partial charge in [-0.3, -0.25) is 9.59 Å². The number of halogens is 3. The molecule has 2 aliphatic heterocycles. The second-order valence-corrected chi connectivity index (χ2v) is 12.1. The number of carbonyl (C=O) groups is 4. The molecule has 0 bridgehead atoms. The number of ether oxygens (including phenoxy) is 2. The molecule has 0 unspecified atom stereocenters. The van der Waals surface area contributed by atoms with Gasteiger partial charge in [-0.2, -0.15) is 0 Å². The lowest BCUT2D eigenvalue weighted by Gasteiger charge is -2.29. The second-order valence-electron chi connectivity index (χ2n) is 12.1. The number of carbonyl (C=O) groups excluding carboxylic acids is 3. The fourth-order valence-electron chi connectivity index (χ4n) is 5.81. The van der Waals surface area contributed by atoms with Crippen LogP contribution in [0, 0.1) is 11.8 Å². The molecule has 0 spiro atoms. The third kappa shape index (κ3) is 8.67. The number of carboxylic acid groups (broad SMARTS) is 1. The molecule has 18 heteroatoms. The number of amides is 4. The lowest BCUT2D eigenvalue weighted by molar-refractivity contribution is -0.274. The van der Waals surface area contributed by atoms with Gasteiger partial charge in [0.25, 0.3) is 0 Å². The molecule has 4 amide bonds. The number of H-pyrrole nitrogens is 2. The number of hydrogen-bond donors (Lipinski definition) is 5. The highest BCUT2D eigenvalue weighted by molar-refractivity contribution is 5.89. The van der Waals surface area contributed by atoms with Crippen molar-refractivity contribution in [2.75, 3.05) is 20.1 Å². The SMILES string of the molecule is [2H]C([2H])([2H])C([2H])(C([2H])([2H])[2H])[C@]([2H])(NC(=O)O)C(=O)N1C([2H])([2H])C([2H])([2H])C([2H])([2H])[C@]1([2H])c1nc2ccc(-c3ccc(-c4ccc5nc([C@]6([2H])N(C(=O)[C@@]([2H])(NC(=O)OC)C([2H])(C([2H])([2H])[2H])C([2H])([2H])[2H])C([2H])([2H])C([2H])([2H])C6([2H])[2H])[nH]c5c4)cc3OC(F)(F)F)cc2[nH]1. The summed E-state index contributed by atoms with van der Waals surface area (Å²) in [5.41, 5.74) is -2.75. The molecule has 15 nitrogen and oxygen atoms in total. The van der Waals surface area contributed by atoms with E-state index in [1.54, 1.807) is 0 Å². The van der Waals surface area contributed by atoms with E-state index in [1.807, 2.05) is 0 Å². The zero-order valence-corrected chi connectivity index (χ0v) is 30.0. The number of methoxy groups -OCH3 is 1. The average Bonchev–Trinajstić information content (AvgIpc) is 1.47. The van der Waals surface area contributed by atoms with Crippen LogP contribution in [0.25, 0.3) is 44.3 Å². The molecular formula is C42H47F3N8O7. The van der Waals surface area contributed by atoms with Crippen LogP contribution >= 0.6 is 0 Å². The van der Waals surface area contributed by atoms with Gasteiger partial charge < -0.3 is 45.0 Å². The van der Waals surface area contributed by atoms with Gasteiger partial charge in [0.2, 0.25) is 11.8 Å². The first kappa shape index (κ1) is 18.5. The van der Waals surface area contributed by atoms with Crippen molar-refractivity contribution in [3.8, 4) is 28.0 Å². The number of aromatic amines is 2. The minimum Gasteiger partial charge on any atom is -0.465 e. The Balaban J connectivity index is 1.37. The number of nitrogens with zero attached hydrogens (tertiary/aromatic N) is 4. The van der Waals surface area contributed by atoms with Crippen LogP contribution in [0.2, 0.25) is 0 Å². The highest BCUT2D eigenvalue weighted by Gasteiger charge is 2.39. The molecule has 60 heavy (non-hydrogen) atoms. The van der Waals surface area contributed by atoms with E-state index in [0.717, 1.165) is 59.9 Å². The largest absolute Gasteiger partial charge is 0.573 e. The van der Waals surface area contributed by atoms with Crippen LogP contribution in [0.15, 0.2) is 54.6 Å². The standard InChI is InChI=1S/C42H47F3N8O7/c1-21(2)34(50-40(56)57)38(54)52-16-6-8-31(52)37-47-28-15-12-25(19-30(28)49-37)26-13-10-24(20-33(26)60-42(43,44)45)23-11-14-27-29(18-23)48-36(46-27)32-9-7-17-53(32)39(55)35(22(3)4)51-41(58)59-5/h10-15,18-22,31-32,34-35,50H,6-9,16-17H2,1-5H3,(H,46,48)(H,47,49)(H,51,58)(H,56,57)/t31-,32-,34+,35+/m1/s1/i1D3,2D3,3D3,4D3,6D2,7D2,8D2,9D2,16D2,17D2,21D,22D,31D,32D,34D,35D. The van der Waals surface area contributed by atoms with Crippen molar-refractivity contribution in [2.24, 2.45) is 11.8 Å². The first-order valence-electron chi connectivity index (χ1n) is 31.6. The van der Waals surface area contributed by atoms with Gasteiger partial charge >= 0.3 is 18.5 Å². The van der Waals surface area contributed by atoms with Gasteiger partial charge in [-0.1, -0.05) is 51.7 Å². The number of alkyl carbamates (subject to hydrolysis) is 1. The number of likely N-dealkylation sites (tertiary alicyclic amines) is 2. The van der Waals surface area contributed by atoms with E-state index in [-0.39, 0.29) is 27.7 Å². The Bertz CT molecular complexity index is 3730. The molecule has 5 aromatic rings. The van der Waals surface area contributed by atoms with Crippen LogP contribution in [0.1, 0.15) is 118 Å². The highest BCUT2D eigenvalue weighted by atomic mass is 19.4. The fraction of sp³-hybridized carbons (Fsp3) is 0.429. The molecule has 7 rings (SSSR count). The minimum atomic E-state index is -5.52. The summed E-state index contributed by atoms with van der Waals surface area (Å²) in [6.45, 7) is -26.0.